The van der Waals surface area contributed by atoms with Gasteiger partial charge in [-0.25, -0.2) is 0 Å². The third kappa shape index (κ3) is 3.93. The van der Waals surface area contributed by atoms with Crippen LogP contribution in [0.5, 0.6) is 0 Å². The van der Waals surface area contributed by atoms with Crippen molar-refractivity contribution in [3.05, 3.63) is 23.8 Å². The predicted octanol–water partition coefficient (Wildman–Crippen LogP) is 3.18. The van der Waals surface area contributed by atoms with E-state index in [1.165, 1.54) is 48.6 Å². The molecule has 118 valence electrons. The fraction of sp³-hybridized carbons (Fsp3) is 0.647. The van der Waals surface area contributed by atoms with Gasteiger partial charge in [-0.2, -0.15) is 0 Å². The number of benzene rings is 1. The van der Waals surface area contributed by atoms with E-state index in [4.69, 9.17) is 5.73 Å². The first-order valence-electron chi connectivity index (χ1n) is 8.11. The second-order valence-corrected chi connectivity index (χ2v) is 6.97. The normalized spacial score (nSPS) is 17.1. The van der Waals surface area contributed by atoms with Crippen LogP contribution in [0, 0.1) is 0 Å². The third-order valence-electron chi connectivity index (χ3n) is 4.54. The maximum absolute atomic E-state index is 6.04. The van der Waals surface area contributed by atoms with Crippen molar-refractivity contribution in [2.75, 3.05) is 37.3 Å². The highest BCUT2D eigenvalue weighted by Crippen LogP contribution is 2.32. The molecule has 2 rings (SSSR count). The maximum atomic E-state index is 6.04. The third-order valence-corrected chi connectivity index (χ3v) is 5.53. The Bertz CT molecular complexity index is 442. The van der Waals surface area contributed by atoms with Crippen LogP contribution in [0.1, 0.15) is 32.3 Å². The Hall–Kier alpha value is -0.710. The minimum Gasteiger partial charge on any atom is -0.371 e. The number of hydrogen-bond donors (Lipinski definition) is 1. The van der Waals surface area contributed by atoms with Gasteiger partial charge in [0.05, 0.1) is 0 Å². The Morgan fingerprint density at radius 3 is 2.57 bits per heavy atom. The van der Waals surface area contributed by atoms with E-state index in [9.17, 15) is 0 Å². The Morgan fingerprint density at radius 2 is 2.00 bits per heavy atom. The molecule has 1 heterocycles. The fourth-order valence-electron chi connectivity index (χ4n) is 3.20. The summed E-state index contributed by atoms with van der Waals surface area (Å²) in [4.78, 5) is 6.35. The topological polar surface area (TPSA) is 32.5 Å². The van der Waals surface area contributed by atoms with Gasteiger partial charge in [0.2, 0.25) is 0 Å². The lowest BCUT2D eigenvalue weighted by Gasteiger charge is -2.38. The van der Waals surface area contributed by atoms with E-state index in [1.807, 2.05) is 11.8 Å². The molecular formula is C17H29N3S. The second-order valence-electron chi connectivity index (χ2n) is 5.67. The summed E-state index contributed by atoms with van der Waals surface area (Å²) < 4.78 is 0. The van der Waals surface area contributed by atoms with E-state index in [2.05, 4.69) is 48.9 Å². The van der Waals surface area contributed by atoms with Crippen LogP contribution in [0.25, 0.3) is 0 Å². The first-order chi connectivity index (χ1) is 10.2. The van der Waals surface area contributed by atoms with Crippen molar-refractivity contribution in [1.29, 1.82) is 0 Å². The van der Waals surface area contributed by atoms with E-state index in [0.717, 1.165) is 5.75 Å². The van der Waals surface area contributed by atoms with Crippen molar-refractivity contribution in [1.82, 2.24) is 4.90 Å². The number of piperidine rings is 1. The second kappa shape index (κ2) is 8.06. The number of rotatable bonds is 6. The first kappa shape index (κ1) is 16.7. The van der Waals surface area contributed by atoms with Crippen molar-refractivity contribution in [2.45, 2.75) is 44.2 Å². The van der Waals surface area contributed by atoms with Crippen LogP contribution < -0.4 is 10.6 Å². The Balaban J connectivity index is 2.15. The number of hydrogen-bond acceptors (Lipinski definition) is 4. The molecule has 2 N–H and O–H groups in total. The number of anilines is 1. The number of nitrogens with two attached hydrogens (primary N) is 1. The molecule has 1 aromatic rings. The first-order valence-corrected chi connectivity index (χ1v) is 9.09. The summed E-state index contributed by atoms with van der Waals surface area (Å²) in [5.41, 5.74) is 8.68. The minimum absolute atomic E-state index is 0.622. The van der Waals surface area contributed by atoms with Crippen molar-refractivity contribution in [2.24, 2.45) is 5.73 Å². The fourth-order valence-corrected chi connectivity index (χ4v) is 4.05. The smallest absolute Gasteiger partial charge is 0.0422 e. The van der Waals surface area contributed by atoms with E-state index < -0.39 is 0 Å². The maximum Gasteiger partial charge on any atom is 0.0422 e. The van der Waals surface area contributed by atoms with Crippen molar-refractivity contribution < 1.29 is 0 Å². The van der Waals surface area contributed by atoms with Crippen molar-refractivity contribution in [3.8, 4) is 0 Å². The highest BCUT2D eigenvalue weighted by molar-refractivity contribution is 7.99. The molecule has 0 aromatic heterocycles. The van der Waals surface area contributed by atoms with Gasteiger partial charge < -0.3 is 15.5 Å². The Labute approximate surface area is 133 Å². The SMILES string of the molecule is CCSc1cccc(N(C)C2CCN(CC)CC2)c1CN. The molecule has 0 radical (unpaired) electrons. The Morgan fingerprint density at radius 1 is 1.29 bits per heavy atom. The molecule has 0 spiro atoms. The molecule has 0 amide bonds. The molecule has 0 unspecified atom stereocenters. The molecule has 0 atom stereocenters. The lowest BCUT2D eigenvalue weighted by molar-refractivity contribution is 0.221. The van der Waals surface area contributed by atoms with Crippen LogP contribution in [0.3, 0.4) is 0 Å². The average molecular weight is 308 g/mol. The zero-order valence-corrected chi connectivity index (χ0v) is 14.5. The van der Waals surface area contributed by atoms with E-state index >= 15 is 0 Å². The van der Waals surface area contributed by atoms with Gasteiger partial charge in [0.1, 0.15) is 0 Å². The van der Waals surface area contributed by atoms with Crippen molar-refractivity contribution in [3.63, 3.8) is 0 Å². The largest absolute Gasteiger partial charge is 0.371 e. The molecule has 4 heteroatoms. The molecule has 1 aliphatic heterocycles. The van der Waals surface area contributed by atoms with Crippen LogP contribution in [-0.4, -0.2) is 43.4 Å². The lowest BCUT2D eigenvalue weighted by atomic mass is 10.0. The monoisotopic (exact) mass is 307 g/mol. The summed E-state index contributed by atoms with van der Waals surface area (Å²) in [5, 5.41) is 0. The zero-order chi connectivity index (χ0) is 15.2. The molecule has 0 aliphatic carbocycles. The minimum atomic E-state index is 0.622. The van der Waals surface area contributed by atoms with Gasteiger partial charge in [-0.1, -0.05) is 19.9 Å². The van der Waals surface area contributed by atoms with E-state index in [0.29, 0.717) is 12.6 Å². The Kier molecular flexibility index (Phi) is 6.40. The van der Waals surface area contributed by atoms with Gasteiger partial charge in [0.25, 0.3) is 0 Å². The number of nitrogens with zero attached hydrogens (tertiary/aromatic N) is 2. The summed E-state index contributed by atoms with van der Waals surface area (Å²) in [5.74, 6) is 1.09. The van der Waals surface area contributed by atoms with Crippen LogP contribution in [-0.2, 0) is 6.54 Å². The van der Waals surface area contributed by atoms with Crippen LogP contribution in [0.2, 0.25) is 0 Å². The average Bonchev–Trinajstić information content (AvgIpc) is 2.54. The van der Waals surface area contributed by atoms with Gasteiger partial charge in [0.15, 0.2) is 0 Å². The van der Waals surface area contributed by atoms with Gasteiger partial charge in [-0.3, -0.25) is 0 Å². The highest BCUT2D eigenvalue weighted by atomic mass is 32.2. The standard InChI is InChI=1S/C17H29N3S/c1-4-20-11-9-14(10-12-20)19(3)16-7-6-8-17(21-5-2)15(16)13-18/h6-8,14H,4-5,9-13,18H2,1-3H3. The predicted molar refractivity (Wildman–Crippen MR) is 94.3 cm³/mol. The summed E-state index contributed by atoms with van der Waals surface area (Å²) in [6.07, 6.45) is 2.50. The van der Waals surface area contributed by atoms with E-state index in [-0.39, 0.29) is 0 Å². The summed E-state index contributed by atoms with van der Waals surface area (Å²) >= 11 is 1.89. The molecular weight excluding hydrogens is 278 g/mol. The van der Waals surface area contributed by atoms with Crippen LogP contribution in [0.4, 0.5) is 5.69 Å². The van der Waals surface area contributed by atoms with Gasteiger partial charge in [-0.15, -0.1) is 11.8 Å². The van der Waals surface area contributed by atoms with Gasteiger partial charge >= 0.3 is 0 Å². The molecule has 1 saturated heterocycles. The molecule has 3 nitrogen and oxygen atoms in total. The van der Waals surface area contributed by atoms with E-state index in [1.54, 1.807) is 0 Å². The van der Waals surface area contributed by atoms with Crippen LogP contribution in [0.15, 0.2) is 23.1 Å². The van der Waals surface area contributed by atoms with Gasteiger partial charge in [-0.05, 0) is 37.3 Å². The summed E-state index contributed by atoms with van der Waals surface area (Å²) in [6, 6.07) is 7.24. The molecule has 21 heavy (non-hydrogen) atoms. The zero-order valence-electron chi connectivity index (χ0n) is 13.6. The highest BCUT2D eigenvalue weighted by Gasteiger charge is 2.23. The van der Waals surface area contributed by atoms with Gasteiger partial charge in [0, 0.05) is 48.9 Å². The number of likely N-dealkylation sites (tertiary alicyclic amines) is 1. The molecule has 1 fully saturated rings. The molecule has 0 saturated carbocycles. The molecule has 0 bridgehead atoms. The summed E-state index contributed by atoms with van der Waals surface area (Å²) in [6.45, 7) is 8.67. The van der Waals surface area contributed by atoms with Crippen LogP contribution >= 0.6 is 11.8 Å². The molecule has 1 aliphatic rings. The quantitative estimate of drug-likeness (QED) is 0.818. The van der Waals surface area contributed by atoms with Crippen molar-refractivity contribution >= 4 is 17.4 Å². The number of thioether (sulfide) groups is 1. The molecule has 1 aromatic carbocycles. The lowest BCUT2D eigenvalue weighted by Crippen LogP contribution is -2.43. The summed E-state index contributed by atoms with van der Waals surface area (Å²) in [7, 11) is 2.24.